The topological polar surface area (TPSA) is 110 Å². The fourth-order valence-electron chi connectivity index (χ4n) is 3.97. The van der Waals surface area contributed by atoms with Crippen LogP contribution in [0.15, 0.2) is 48.5 Å². The van der Waals surface area contributed by atoms with Gasteiger partial charge in [-0.2, -0.15) is 5.26 Å². The molecule has 6 heteroatoms. The summed E-state index contributed by atoms with van der Waals surface area (Å²) >= 11 is 0. The highest BCUT2D eigenvalue weighted by atomic mass is 16.4. The molecule has 1 fully saturated rings. The van der Waals surface area contributed by atoms with Crippen molar-refractivity contribution in [2.45, 2.75) is 57.0 Å². The van der Waals surface area contributed by atoms with E-state index < -0.39 is 5.97 Å². The molecule has 3 atom stereocenters. The second kappa shape index (κ2) is 11.7. The summed E-state index contributed by atoms with van der Waals surface area (Å²) in [6.45, 7) is 1.90. The van der Waals surface area contributed by atoms with Crippen LogP contribution in [-0.2, 0) is 16.0 Å². The lowest BCUT2D eigenvalue weighted by atomic mass is 9.95. The Bertz CT molecular complexity index is 874. The molecule has 2 aromatic rings. The van der Waals surface area contributed by atoms with Crippen LogP contribution in [0, 0.1) is 11.3 Å². The molecule has 0 spiro atoms. The van der Waals surface area contributed by atoms with Crippen LogP contribution in [0.5, 0.6) is 0 Å². The van der Waals surface area contributed by atoms with E-state index in [1.807, 2.05) is 18.2 Å². The summed E-state index contributed by atoms with van der Waals surface area (Å²) in [5.74, 6) is -0.202. The van der Waals surface area contributed by atoms with Gasteiger partial charge in [0.25, 0.3) is 6.47 Å². The van der Waals surface area contributed by atoms with Crippen molar-refractivity contribution in [3.05, 3.63) is 70.8 Å². The van der Waals surface area contributed by atoms with Crippen molar-refractivity contribution in [1.82, 2.24) is 5.32 Å². The number of aryl methyl sites for hydroxylation is 1. The molecule has 0 bridgehead atoms. The average molecular weight is 408 g/mol. The lowest BCUT2D eigenvalue weighted by Gasteiger charge is -2.20. The van der Waals surface area contributed by atoms with Crippen LogP contribution in [0.25, 0.3) is 0 Å². The Hall–Kier alpha value is -3.17. The van der Waals surface area contributed by atoms with E-state index in [-0.39, 0.29) is 18.9 Å². The molecular formula is C24H28N2O4. The average Bonchev–Trinajstić information content (AvgIpc) is 3.21. The summed E-state index contributed by atoms with van der Waals surface area (Å²) in [4.78, 5) is 19.0. The van der Waals surface area contributed by atoms with Gasteiger partial charge in [0, 0.05) is 18.5 Å². The highest BCUT2D eigenvalue weighted by molar-refractivity contribution is 5.67. The van der Waals surface area contributed by atoms with Crippen LogP contribution in [0.3, 0.4) is 0 Å². The maximum Gasteiger partial charge on any atom is 0.303 e. The molecule has 30 heavy (non-hydrogen) atoms. The third-order valence-corrected chi connectivity index (χ3v) is 5.51. The Morgan fingerprint density at radius 1 is 1.27 bits per heavy atom. The highest BCUT2D eigenvalue weighted by Crippen LogP contribution is 2.35. The van der Waals surface area contributed by atoms with Gasteiger partial charge in [-0.05, 0) is 67.3 Å². The standard InChI is InChI=1S/C23H26N2O2.CH2O2/c1-16(20-4-2-3-18(13-20)15-24)25-22-11-10-21(14-22)19-8-5-17(6-9-19)7-12-23(26)27;2-1-3/h2-6,8-9,13,16,21-22,25H,7,10-12,14H2,1H3,(H,26,27);1H,(H,2,3)/t16-,21+,22+;/m1./s1. The van der Waals surface area contributed by atoms with E-state index in [9.17, 15) is 4.79 Å². The molecule has 6 nitrogen and oxygen atoms in total. The van der Waals surface area contributed by atoms with Crippen molar-refractivity contribution in [3.63, 3.8) is 0 Å². The zero-order valence-corrected chi connectivity index (χ0v) is 17.1. The van der Waals surface area contributed by atoms with E-state index in [1.54, 1.807) is 0 Å². The van der Waals surface area contributed by atoms with E-state index in [1.165, 1.54) is 5.56 Å². The Morgan fingerprint density at radius 2 is 1.97 bits per heavy atom. The SMILES string of the molecule is C[C@@H](N[C@H]1CC[C@H](c2ccc(CCC(=O)O)cc2)C1)c1cccc(C#N)c1.O=CO. The Labute approximate surface area is 177 Å². The molecule has 1 saturated carbocycles. The number of aliphatic carboxylic acids is 1. The summed E-state index contributed by atoms with van der Waals surface area (Å²) in [5.41, 5.74) is 4.28. The second-order valence-corrected chi connectivity index (χ2v) is 7.57. The number of nitrogens with one attached hydrogen (secondary N) is 1. The molecule has 0 radical (unpaired) electrons. The molecule has 0 saturated heterocycles. The van der Waals surface area contributed by atoms with E-state index in [0.717, 1.165) is 30.4 Å². The summed E-state index contributed by atoms with van der Waals surface area (Å²) in [6.07, 6.45) is 4.19. The Morgan fingerprint density at radius 3 is 2.60 bits per heavy atom. The van der Waals surface area contributed by atoms with Crippen molar-refractivity contribution in [1.29, 1.82) is 5.26 Å². The van der Waals surface area contributed by atoms with Gasteiger partial charge >= 0.3 is 5.97 Å². The van der Waals surface area contributed by atoms with Gasteiger partial charge in [0.1, 0.15) is 0 Å². The summed E-state index contributed by atoms with van der Waals surface area (Å²) < 4.78 is 0. The smallest absolute Gasteiger partial charge is 0.303 e. The predicted octanol–water partition coefficient (Wildman–Crippen LogP) is 4.26. The first-order valence-corrected chi connectivity index (χ1v) is 10.1. The minimum absolute atomic E-state index is 0.180. The fourth-order valence-corrected chi connectivity index (χ4v) is 3.97. The van der Waals surface area contributed by atoms with Gasteiger partial charge in [-0.1, -0.05) is 36.4 Å². The Balaban J connectivity index is 0.00000101. The van der Waals surface area contributed by atoms with Crippen molar-refractivity contribution in [2.24, 2.45) is 0 Å². The summed E-state index contributed by atoms with van der Waals surface area (Å²) in [7, 11) is 0. The number of hydrogen-bond acceptors (Lipinski definition) is 4. The van der Waals surface area contributed by atoms with Gasteiger partial charge in [0.2, 0.25) is 0 Å². The van der Waals surface area contributed by atoms with Gasteiger partial charge in [-0.25, -0.2) is 0 Å². The van der Waals surface area contributed by atoms with Crippen molar-refractivity contribution < 1.29 is 19.8 Å². The molecular weight excluding hydrogens is 380 g/mol. The lowest BCUT2D eigenvalue weighted by Crippen LogP contribution is -2.29. The lowest BCUT2D eigenvalue weighted by molar-refractivity contribution is -0.137. The molecule has 0 unspecified atom stereocenters. The molecule has 0 heterocycles. The van der Waals surface area contributed by atoms with E-state index in [2.05, 4.69) is 48.6 Å². The van der Waals surface area contributed by atoms with Crippen LogP contribution in [-0.4, -0.2) is 28.7 Å². The van der Waals surface area contributed by atoms with Crippen molar-refractivity contribution >= 4 is 12.4 Å². The number of rotatable bonds is 7. The highest BCUT2D eigenvalue weighted by Gasteiger charge is 2.27. The van der Waals surface area contributed by atoms with Crippen LogP contribution in [0.2, 0.25) is 0 Å². The van der Waals surface area contributed by atoms with Crippen LogP contribution >= 0.6 is 0 Å². The molecule has 1 aliphatic carbocycles. The van der Waals surface area contributed by atoms with Gasteiger partial charge < -0.3 is 15.5 Å². The van der Waals surface area contributed by atoms with Crippen LogP contribution < -0.4 is 5.32 Å². The molecule has 0 aromatic heterocycles. The zero-order chi connectivity index (χ0) is 21.9. The largest absolute Gasteiger partial charge is 0.483 e. The zero-order valence-electron chi connectivity index (χ0n) is 17.1. The van der Waals surface area contributed by atoms with E-state index in [4.69, 9.17) is 20.3 Å². The molecule has 3 rings (SSSR count). The summed E-state index contributed by atoms with van der Waals surface area (Å²) in [5, 5.41) is 28.5. The van der Waals surface area contributed by atoms with Gasteiger partial charge in [0.15, 0.2) is 0 Å². The number of nitrogens with zero attached hydrogens (tertiary/aromatic N) is 1. The number of carboxylic acids is 1. The van der Waals surface area contributed by atoms with Gasteiger partial charge in [-0.3, -0.25) is 9.59 Å². The first-order chi connectivity index (χ1) is 14.5. The number of carbonyl (C=O) groups is 2. The van der Waals surface area contributed by atoms with Crippen LogP contribution in [0.4, 0.5) is 0 Å². The molecule has 2 aromatic carbocycles. The fraction of sp³-hybridized carbons (Fsp3) is 0.375. The molecule has 3 N–H and O–H groups in total. The molecule has 0 amide bonds. The summed E-state index contributed by atoms with van der Waals surface area (Å²) in [6, 6.07) is 19.1. The quantitative estimate of drug-likeness (QED) is 0.590. The number of nitriles is 1. The predicted molar refractivity (Wildman–Crippen MR) is 114 cm³/mol. The monoisotopic (exact) mass is 408 g/mol. The van der Waals surface area contributed by atoms with Crippen LogP contribution in [0.1, 0.15) is 66.8 Å². The third-order valence-electron chi connectivity index (χ3n) is 5.51. The van der Waals surface area contributed by atoms with Crippen molar-refractivity contribution in [3.8, 4) is 6.07 Å². The minimum Gasteiger partial charge on any atom is -0.483 e. The minimum atomic E-state index is -0.752. The third kappa shape index (κ3) is 7.02. The van der Waals surface area contributed by atoms with Gasteiger partial charge in [0.05, 0.1) is 11.6 Å². The maximum atomic E-state index is 10.7. The molecule has 1 aliphatic rings. The maximum absolute atomic E-state index is 10.7. The second-order valence-electron chi connectivity index (χ2n) is 7.57. The normalized spacial score (nSPS) is 18.5. The molecule has 158 valence electrons. The van der Waals surface area contributed by atoms with E-state index in [0.29, 0.717) is 23.9 Å². The first-order valence-electron chi connectivity index (χ1n) is 10.1. The van der Waals surface area contributed by atoms with E-state index >= 15 is 0 Å². The first kappa shape index (κ1) is 23.1. The van der Waals surface area contributed by atoms with Gasteiger partial charge in [-0.15, -0.1) is 0 Å². The molecule has 0 aliphatic heterocycles. The number of hydrogen-bond donors (Lipinski definition) is 3. The van der Waals surface area contributed by atoms with Crippen molar-refractivity contribution in [2.75, 3.05) is 0 Å². The Kier molecular flexibility index (Phi) is 9.04. The number of benzene rings is 2. The number of carboxylic acid groups (broad SMARTS) is 2.